The number of aryl methyl sites for hydroxylation is 1. The Balaban J connectivity index is 1.42. The number of amides is 3. The lowest BCUT2D eigenvalue weighted by Gasteiger charge is -2.20. The highest BCUT2D eigenvalue weighted by Gasteiger charge is 2.36. The van der Waals surface area contributed by atoms with E-state index in [0.29, 0.717) is 24.3 Å². The van der Waals surface area contributed by atoms with Gasteiger partial charge >= 0.3 is 0 Å². The maximum absolute atomic E-state index is 13.1. The van der Waals surface area contributed by atoms with Crippen LogP contribution in [0.25, 0.3) is 0 Å². The van der Waals surface area contributed by atoms with Crippen molar-refractivity contribution in [2.75, 3.05) is 23.9 Å². The Bertz CT molecular complexity index is 1250. The molecule has 1 atom stereocenters. The number of hydrogen-bond donors (Lipinski definition) is 2. The molecule has 2 N–H and O–H groups in total. The van der Waals surface area contributed by atoms with E-state index in [1.165, 1.54) is 0 Å². The van der Waals surface area contributed by atoms with Gasteiger partial charge in [0, 0.05) is 25.2 Å². The van der Waals surface area contributed by atoms with Gasteiger partial charge in [0.25, 0.3) is 5.91 Å². The van der Waals surface area contributed by atoms with Crippen molar-refractivity contribution in [2.45, 2.75) is 26.8 Å². The minimum atomic E-state index is -0.502. The van der Waals surface area contributed by atoms with E-state index in [9.17, 15) is 14.4 Å². The Kier molecular flexibility index (Phi) is 7.15. The molecular weight excluding hydrogens is 442 g/mol. The predicted molar refractivity (Wildman–Crippen MR) is 136 cm³/mol. The number of anilines is 2. The van der Waals surface area contributed by atoms with E-state index in [4.69, 9.17) is 4.74 Å². The molecule has 0 bridgehead atoms. The van der Waals surface area contributed by atoms with E-state index in [0.717, 1.165) is 28.1 Å². The van der Waals surface area contributed by atoms with Crippen LogP contribution in [0.1, 0.15) is 33.5 Å². The summed E-state index contributed by atoms with van der Waals surface area (Å²) in [6.07, 6.45) is 0.130. The van der Waals surface area contributed by atoms with Crippen molar-refractivity contribution in [2.24, 2.45) is 5.92 Å². The smallest absolute Gasteiger partial charge is 0.253 e. The lowest BCUT2D eigenvalue weighted by Crippen LogP contribution is -2.30. The number of ether oxygens (including phenoxy) is 1. The Morgan fingerprint density at radius 3 is 2.49 bits per heavy atom. The van der Waals surface area contributed by atoms with Crippen LogP contribution in [-0.2, 0) is 16.1 Å². The van der Waals surface area contributed by atoms with E-state index >= 15 is 0 Å². The normalized spacial score (nSPS) is 15.1. The second-order valence-electron chi connectivity index (χ2n) is 8.69. The molecule has 180 valence electrons. The second kappa shape index (κ2) is 10.4. The molecule has 3 aromatic carbocycles. The van der Waals surface area contributed by atoms with E-state index in [1.807, 2.05) is 56.3 Å². The largest absolute Gasteiger partial charge is 0.497 e. The number of benzene rings is 3. The fourth-order valence-electron chi connectivity index (χ4n) is 4.19. The van der Waals surface area contributed by atoms with Crippen LogP contribution in [0, 0.1) is 19.8 Å². The first kappa shape index (κ1) is 24.0. The SMILES string of the molecule is COc1ccc(CNC(=O)c2ccccc2NC(=O)[C@@H]2CC(=O)N(c3cccc(C)c3C)C2)cc1. The van der Waals surface area contributed by atoms with Gasteiger partial charge in [0.1, 0.15) is 5.75 Å². The molecule has 0 radical (unpaired) electrons. The van der Waals surface area contributed by atoms with E-state index in [1.54, 1.807) is 36.3 Å². The summed E-state index contributed by atoms with van der Waals surface area (Å²) in [5, 5.41) is 5.76. The molecule has 7 nitrogen and oxygen atoms in total. The van der Waals surface area contributed by atoms with Crippen molar-refractivity contribution >= 4 is 29.1 Å². The summed E-state index contributed by atoms with van der Waals surface area (Å²) < 4.78 is 5.16. The minimum Gasteiger partial charge on any atom is -0.497 e. The van der Waals surface area contributed by atoms with Crippen LogP contribution in [-0.4, -0.2) is 31.4 Å². The second-order valence-corrected chi connectivity index (χ2v) is 8.69. The number of carbonyl (C=O) groups excluding carboxylic acids is 3. The van der Waals surface area contributed by atoms with Crippen LogP contribution < -0.4 is 20.3 Å². The van der Waals surface area contributed by atoms with Crippen molar-refractivity contribution in [1.29, 1.82) is 0 Å². The van der Waals surface area contributed by atoms with Gasteiger partial charge in [0.2, 0.25) is 11.8 Å². The van der Waals surface area contributed by atoms with Gasteiger partial charge in [-0.2, -0.15) is 0 Å². The third-order valence-corrected chi connectivity index (χ3v) is 6.40. The van der Waals surface area contributed by atoms with Crippen molar-refractivity contribution in [1.82, 2.24) is 5.32 Å². The van der Waals surface area contributed by atoms with Crippen LogP contribution in [0.4, 0.5) is 11.4 Å². The van der Waals surface area contributed by atoms with Crippen LogP contribution in [0.5, 0.6) is 5.75 Å². The van der Waals surface area contributed by atoms with Gasteiger partial charge in [0.05, 0.1) is 24.3 Å². The van der Waals surface area contributed by atoms with Crippen LogP contribution in [0.3, 0.4) is 0 Å². The molecule has 1 aliphatic heterocycles. The maximum atomic E-state index is 13.1. The molecule has 0 saturated carbocycles. The minimum absolute atomic E-state index is 0.0793. The summed E-state index contributed by atoms with van der Waals surface area (Å²) in [5.41, 5.74) is 4.67. The number of nitrogens with one attached hydrogen (secondary N) is 2. The van der Waals surface area contributed by atoms with E-state index < -0.39 is 5.92 Å². The molecule has 0 aromatic heterocycles. The molecule has 1 fully saturated rings. The first-order valence-electron chi connectivity index (χ1n) is 11.5. The number of hydrogen-bond acceptors (Lipinski definition) is 4. The molecule has 3 aromatic rings. The fraction of sp³-hybridized carbons (Fsp3) is 0.250. The van der Waals surface area contributed by atoms with Crippen molar-refractivity contribution in [3.05, 3.63) is 89.0 Å². The summed E-state index contributed by atoms with van der Waals surface area (Å²) >= 11 is 0. The number of rotatable bonds is 7. The van der Waals surface area contributed by atoms with Crippen molar-refractivity contribution < 1.29 is 19.1 Å². The van der Waals surface area contributed by atoms with Gasteiger partial charge in [-0.15, -0.1) is 0 Å². The summed E-state index contributed by atoms with van der Waals surface area (Å²) in [6, 6.07) is 20.1. The molecule has 0 aliphatic carbocycles. The third kappa shape index (κ3) is 5.35. The summed E-state index contributed by atoms with van der Waals surface area (Å²) in [5.74, 6) is -0.408. The van der Waals surface area contributed by atoms with Gasteiger partial charge in [-0.1, -0.05) is 36.4 Å². The average molecular weight is 472 g/mol. The quantitative estimate of drug-likeness (QED) is 0.540. The molecule has 7 heteroatoms. The Labute approximate surface area is 205 Å². The Hall–Kier alpha value is -4.13. The highest BCUT2D eigenvalue weighted by Crippen LogP contribution is 2.30. The average Bonchev–Trinajstić information content (AvgIpc) is 3.26. The highest BCUT2D eigenvalue weighted by molar-refractivity contribution is 6.07. The zero-order valence-electron chi connectivity index (χ0n) is 20.1. The third-order valence-electron chi connectivity index (χ3n) is 6.40. The predicted octanol–water partition coefficient (Wildman–Crippen LogP) is 4.23. The molecule has 1 saturated heterocycles. The molecule has 0 spiro atoms. The first-order valence-corrected chi connectivity index (χ1v) is 11.5. The fourth-order valence-corrected chi connectivity index (χ4v) is 4.19. The summed E-state index contributed by atoms with van der Waals surface area (Å²) in [7, 11) is 1.60. The van der Waals surface area contributed by atoms with Crippen molar-refractivity contribution in [3.63, 3.8) is 0 Å². The van der Waals surface area contributed by atoms with E-state index in [2.05, 4.69) is 10.6 Å². The number of carbonyl (C=O) groups is 3. The number of methoxy groups -OCH3 is 1. The number of para-hydroxylation sites is 1. The Morgan fingerprint density at radius 2 is 1.74 bits per heavy atom. The lowest BCUT2D eigenvalue weighted by atomic mass is 10.1. The van der Waals surface area contributed by atoms with Gasteiger partial charge < -0.3 is 20.3 Å². The molecule has 3 amide bonds. The highest BCUT2D eigenvalue weighted by atomic mass is 16.5. The van der Waals surface area contributed by atoms with Crippen LogP contribution >= 0.6 is 0 Å². The van der Waals surface area contributed by atoms with E-state index in [-0.39, 0.29) is 24.1 Å². The summed E-state index contributed by atoms with van der Waals surface area (Å²) in [6.45, 7) is 4.63. The van der Waals surface area contributed by atoms with Crippen LogP contribution in [0.15, 0.2) is 66.7 Å². The molecule has 0 unspecified atom stereocenters. The molecule has 1 heterocycles. The Morgan fingerprint density at radius 1 is 1.00 bits per heavy atom. The topological polar surface area (TPSA) is 87.7 Å². The monoisotopic (exact) mass is 471 g/mol. The van der Waals surface area contributed by atoms with Gasteiger partial charge in [-0.25, -0.2) is 0 Å². The molecule has 35 heavy (non-hydrogen) atoms. The summed E-state index contributed by atoms with van der Waals surface area (Å²) in [4.78, 5) is 40.3. The molecular formula is C28H29N3O4. The van der Waals surface area contributed by atoms with Gasteiger partial charge in [-0.3, -0.25) is 14.4 Å². The standard InChI is InChI=1S/C28H29N3O4/c1-18-7-6-10-25(19(18)2)31-17-21(15-26(31)32)27(33)30-24-9-5-4-8-23(24)28(34)29-16-20-11-13-22(35-3)14-12-20/h4-14,21H,15-17H2,1-3H3,(H,29,34)(H,30,33)/t21-/m1/s1. The molecule has 1 aliphatic rings. The van der Waals surface area contributed by atoms with Crippen LogP contribution in [0.2, 0.25) is 0 Å². The lowest BCUT2D eigenvalue weighted by molar-refractivity contribution is -0.122. The zero-order chi connectivity index (χ0) is 24.9. The number of nitrogens with zero attached hydrogens (tertiary/aromatic N) is 1. The van der Waals surface area contributed by atoms with Gasteiger partial charge in [0.15, 0.2) is 0 Å². The zero-order valence-corrected chi connectivity index (χ0v) is 20.1. The first-order chi connectivity index (χ1) is 16.9. The maximum Gasteiger partial charge on any atom is 0.253 e. The van der Waals surface area contributed by atoms with Gasteiger partial charge in [-0.05, 0) is 60.9 Å². The molecule has 4 rings (SSSR count). The van der Waals surface area contributed by atoms with Crippen molar-refractivity contribution in [3.8, 4) is 5.75 Å².